The van der Waals surface area contributed by atoms with Gasteiger partial charge in [0.25, 0.3) is 0 Å². The Bertz CT molecular complexity index is 1080. The van der Waals surface area contributed by atoms with E-state index in [1.54, 1.807) is 0 Å². The predicted octanol–water partition coefficient (Wildman–Crippen LogP) is 3.73. The quantitative estimate of drug-likeness (QED) is 0.563. The van der Waals surface area contributed by atoms with E-state index in [9.17, 15) is 0 Å². The summed E-state index contributed by atoms with van der Waals surface area (Å²) >= 11 is 3.43. The molecule has 30 heavy (non-hydrogen) atoms. The summed E-state index contributed by atoms with van der Waals surface area (Å²) in [7, 11) is 0. The maximum Gasteiger partial charge on any atom is 0.222 e. The molecule has 3 aromatic rings. The van der Waals surface area contributed by atoms with Crippen LogP contribution in [0.4, 0.5) is 0 Å². The molecule has 0 amide bonds. The summed E-state index contributed by atoms with van der Waals surface area (Å²) in [4.78, 5) is 4.34. The van der Waals surface area contributed by atoms with E-state index in [-0.39, 0.29) is 11.0 Å². The van der Waals surface area contributed by atoms with Gasteiger partial charge in [0.1, 0.15) is 6.33 Å². The standard InChI is InChI=1S/C21H26BrN7O/c1-13-5-14(2)28(26-13)4-3-17-24-25-18(30-17)20-7-15-6-16(8-20)10-21(9-15,11-20)29-12-23-19(22)27-29/h5,12,15-16H,3-4,6-11H2,1-2H3. The van der Waals surface area contributed by atoms with Crippen LogP contribution in [-0.2, 0) is 23.9 Å². The third kappa shape index (κ3) is 2.88. The van der Waals surface area contributed by atoms with Crippen LogP contribution >= 0.6 is 15.9 Å². The van der Waals surface area contributed by atoms with Gasteiger partial charge >= 0.3 is 0 Å². The van der Waals surface area contributed by atoms with E-state index >= 15 is 0 Å². The monoisotopic (exact) mass is 471 g/mol. The minimum Gasteiger partial charge on any atom is -0.425 e. The van der Waals surface area contributed by atoms with Crippen LogP contribution in [0.3, 0.4) is 0 Å². The molecule has 4 aliphatic rings. The van der Waals surface area contributed by atoms with Gasteiger partial charge in [0.2, 0.25) is 16.5 Å². The molecule has 4 fully saturated rings. The molecule has 4 aliphatic carbocycles. The van der Waals surface area contributed by atoms with Crippen molar-refractivity contribution in [2.24, 2.45) is 11.8 Å². The highest BCUT2D eigenvalue weighted by Gasteiger charge is 2.61. The first-order valence-corrected chi connectivity index (χ1v) is 11.6. The van der Waals surface area contributed by atoms with Gasteiger partial charge in [-0.25, -0.2) is 9.67 Å². The van der Waals surface area contributed by atoms with E-state index in [0.29, 0.717) is 28.9 Å². The molecule has 3 aromatic heterocycles. The molecule has 4 bridgehead atoms. The Morgan fingerprint density at radius 2 is 1.93 bits per heavy atom. The van der Waals surface area contributed by atoms with Crippen molar-refractivity contribution < 1.29 is 4.42 Å². The molecule has 2 atom stereocenters. The van der Waals surface area contributed by atoms with Gasteiger partial charge < -0.3 is 4.42 Å². The highest BCUT2D eigenvalue weighted by Crippen LogP contribution is 2.64. The molecule has 0 aromatic carbocycles. The number of rotatable bonds is 5. The van der Waals surface area contributed by atoms with Crippen LogP contribution < -0.4 is 0 Å². The number of hydrogen-bond donors (Lipinski definition) is 0. The van der Waals surface area contributed by atoms with E-state index in [1.807, 2.05) is 17.9 Å². The zero-order valence-corrected chi connectivity index (χ0v) is 19.0. The molecule has 0 radical (unpaired) electrons. The maximum atomic E-state index is 6.31. The van der Waals surface area contributed by atoms with Gasteiger partial charge in [-0.05, 0) is 86.2 Å². The predicted molar refractivity (Wildman–Crippen MR) is 112 cm³/mol. The lowest BCUT2D eigenvalue weighted by atomic mass is 9.47. The molecular formula is C21H26BrN7O. The first-order valence-electron chi connectivity index (χ1n) is 10.8. The van der Waals surface area contributed by atoms with Gasteiger partial charge in [-0.3, -0.25) is 4.68 Å². The fourth-order valence-corrected chi connectivity index (χ4v) is 7.14. The van der Waals surface area contributed by atoms with E-state index in [4.69, 9.17) is 4.42 Å². The Hall–Kier alpha value is -2.03. The molecule has 4 saturated carbocycles. The van der Waals surface area contributed by atoms with Gasteiger partial charge in [-0.15, -0.1) is 15.3 Å². The van der Waals surface area contributed by atoms with Crippen molar-refractivity contribution in [3.63, 3.8) is 0 Å². The van der Waals surface area contributed by atoms with Gasteiger partial charge in [0.05, 0.1) is 16.6 Å². The Balaban J connectivity index is 1.27. The van der Waals surface area contributed by atoms with Crippen molar-refractivity contribution >= 4 is 15.9 Å². The van der Waals surface area contributed by atoms with Crippen molar-refractivity contribution in [3.05, 3.63) is 40.3 Å². The highest BCUT2D eigenvalue weighted by molar-refractivity contribution is 9.10. The van der Waals surface area contributed by atoms with Crippen LogP contribution in [0.15, 0.2) is 21.5 Å². The second-order valence-electron chi connectivity index (χ2n) is 9.83. The molecular weight excluding hydrogens is 446 g/mol. The van der Waals surface area contributed by atoms with Crippen LogP contribution in [0.2, 0.25) is 0 Å². The third-order valence-electron chi connectivity index (χ3n) is 7.54. The summed E-state index contributed by atoms with van der Waals surface area (Å²) in [6.07, 6.45) is 9.60. The molecule has 0 saturated heterocycles. The zero-order chi connectivity index (χ0) is 20.5. The van der Waals surface area contributed by atoms with Crippen LogP contribution in [0.25, 0.3) is 0 Å². The van der Waals surface area contributed by atoms with E-state index < -0.39 is 0 Å². The van der Waals surface area contributed by atoms with Gasteiger partial charge in [0, 0.05) is 18.7 Å². The van der Waals surface area contributed by atoms with E-state index in [1.165, 1.54) is 19.3 Å². The molecule has 0 N–H and O–H groups in total. The van der Waals surface area contributed by atoms with Crippen LogP contribution in [0, 0.1) is 25.7 Å². The number of halogens is 1. The van der Waals surface area contributed by atoms with Gasteiger partial charge in [0.15, 0.2) is 0 Å². The van der Waals surface area contributed by atoms with Crippen molar-refractivity contribution in [1.29, 1.82) is 0 Å². The zero-order valence-electron chi connectivity index (χ0n) is 17.4. The highest BCUT2D eigenvalue weighted by atomic mass is 79.9. The van der Waals surface area contributed by atoms with Crippen LogP contribution in [-0.4, -0.2) is 34.7 Å². The minimum atomic E-state index is -0.0219. The Labute approximate surface area is 183 Å². The fraction of sp³-hybridized carbons (Fsp3) is 0.667. The number of aromatic nitrogens is 7. The van der Waals surface area contributed by atoms with Crippen LogP contribution in [0.1, 0.15) is 61.7 Å². The third-order valence-corrected chi connectivity index (χ3v) is 7.90. The van der Waals surface area contributed by atoms with Crippen molar-refractivity contribution in [1.82, 2.24) is 34.7 Å². The Morgan fingerprint density at radius 3 is 2.60 bits per heavy atom. The molecule has 2 unspecified atom stereocenters. The topological polar surface area (TPSA) is 87.5 Å². The lowest BCUT2D eigenvalue weighted by Crippen LogP contribution is -2.58. The van der Waals surface area contributed by atoms with Crippen molar-refractivity contribution in [2.75, 3.05) is 0 Å². The Kier molecular flexibility index (Phi) is 4.04. The first kappa shape index (κ1) is 18.7. The van der Waals surface area contributed by atoms with E-state index in [0.717, 1.165) is 43.1 Å². The van der Waals surface area contributed by atoms with Crippen molar-refractivity contribution in [2.45, 2.75) is 76.3 Å². The van der Waals surface area contributed by atoms with Gasteiger partial charge in [-0.2, -0.15) is 5.10 Å². The summed E-state index contributed by atoms with van der Waals surface area (Å²) in [5, 5.41) is 18.2. The second-order valence-corrected chi connectivity index (χ2v) is 10.5. The molecule has 9 heteroatoms. The largest absolute Gasteiger partial charge is 0.425 e. The fourth-order valence-electron chi connectivity index (χ4n) is 6.88. The normalized spacial score (nSPS) is 32.2. The lowest BCUT2D eigenvalue weighted by molar-refractivity contribution is -0.0777. The molecule has 7 rings (SSSR count). The molecule has 158 valence electrons. The lowest BCUT2D eigenvalue weighted by Gasteiger charge is -2.60. The summed E-state index contributed by atoms with van der Waals surface area (Å²) in [6, 6.07) is 2.09. The SMILES string of the molecule is Cc1cc(C)n(CCc2nnc(C34CC5CC(C3)CC(n3cnc(Br)n3)(C5)C4)o2)n1. The summed E-state index contributed by atoms with van der Waals surface area (Å²) in [5.41, 5.74) is 2.21. The number of aryl methyl sites for hydroxylation is 4. The van der Waals surface area contributed by atoms with Crippen molar-refractivity contribution in [3.8, 4) is 0 Å². The van der Waals surface area contributed by atoms with Crippen LogP contribution in [0.5, 0.6) is 0 Å². The smallest absolute Gasteiger partial charge is 0.222 e. The minimum absolute atomic E-state index is 0.0219. The molecule has 3 heterocycles. The average Bonchev–Trinajstić information content (AvgIpc) is 3.40. The molecule has 0 spiro atoms. The number of hydrogen-bond acceptors (Lipinski definition) is 6. The van der Waals surface area contributed by atoms with Gasteiger partial charge in [-0.1, -0.05) is 0 Å². The Morgan fingerprint density at radius 1 is 1.13 bits per heavy atom. The summed E-state index contributed by atoms with van der Waals surface area (Å²) < 4.78 is 11.1. The first-order chi connectivity index (χ1) is 14.4. The average molecular weight is 472 g/mol. The summed E-state index contributed by atoms with van der Waals surface area (Å²) in [6.45, 7) is 4.86. The second kappa shape index (κ2) is 6.48. The van der Waals surface area contributed by atoms with E-state index in [2.05, 4.69) is 59.0 Å². The number of nitrogens with zero attached hydrogens (tertiary/aromatic N) is 7. The molecule has 0 aliphatic heterocycles. The molecule has 8 nitrogen and oxygen atoms in total. The summed E-state index contributed by atoms with van der Waals surface area (Å²) in [5.74, 6) is 2.94. The maximum absolute atomic E-state index is 6.31.